The van der Waals surface area contributed by atoms with E-state index in [-0.39, 0.29) is 20.4 Å². The Kier molecular flexibility index (Phi) is 5.92. The number of thiocarbonyl (C=S) groups is 1. The zero-order chi connectivity index (χ0) is 19.7. The van der Waals surface area contributed by atoms with Gasteiger partial charge in [-0.1, -0.05) is 23.8 Å². The van der Waals surface area contributed by atoms with Crippen LogP contribution in [0.5, 0.6) is 0 Å². The number of esters is 1. The zero-order valence-corrected chi connectivity index (χ0v) is 17.1. The van der Waals surface area contributed by atoms with Crippen molar-refractivity contribution in [2.45, 2.75) is 32.9 Å². The van der Waals surface area contributed by atoms with Crippen molar-refractivity contribution >= 4 is 51.7 Å². The van der Waals surface area contributed by atoms with Crippen LogP contribution < -0.4 is 9.67 Å². The van der Waals surface area contributed by atoms with E-state index in [1.165, 1.54) is 13.2 Å². The highest BCUT2D eigenvalue weighted by Gasteiger charge is 2.23. The Morgan fingerprint density at radius 1 is 1.37 bits per heavy atom. The standard InChI is InChI=1S/C17H17ClFN3O3S2/c1-9(15(23)25-2)14(26)10-7-13(12(19)8-11(10)18)20-16-21-5-3-4-6-22(21)17(24)27-16/h7-9H,3-6H2,1-2H3. The molecule has 0 amide bonds. The Bertz CT molecular complexity index is 1040. The van der Waals surface area contributed by atoms with E-state index in [1.807, 2.05) is 0 Å². The van der Waals surface area contributed by atoms with Gasteiger partial charge in [0.2, 0.25) is 4.80 Å². The molecule has 1 aliphatic heterocycles. The normalized spacial score (nSPS) is 15.3. The first-order valence-electron chi connectivity index (χ1n) is 8.30. The molecule has 0 bridgehead atoms. The molecule has 2 heterocycles. The number of hydrogen-bond donors (Lipinski definition) is 0. The lowest BCUT2D eigenvalue weighted by atomic mass is 10.00. The third kappa shape index (κ3) is 3.90. The summed E-state index contributed by atoms with van der Waals surface area (Å²) < 4.78 is 22.5. The number of hydrogen-bond acceptors (Lipinski definition) is 6. The summed E-state index contributed by atoms with van der Waals surface area (Å²) in [6.07, 6.45) is 1.85. The van der Waals surface area contributed by atoms with Crippen LogP contribution in [0.15, 0.2) is 21.9 Å². The number of methoxy groups -OCH3 is 1. The Morgan fingerprint density at radius 3 is 2.70 bits per heavy atom. The lowest BCUT2D eigenvalue weighted by Gasteiger charge is -2.16. The summed E-state index contributed by atoms with van der Waals surface area (Å²) in [5, 5.41) is 0.0898. The Labute approximate surface area is 168 Å². The van der Waals surface area contributed by atoms with Crippen LogP contribution in [0, 0.1) is 11.7 Å². The fourth-order valence-electron chi connectivity index (χ4n) is 2.85. The van der Waals surface area contributed by atoms with E-state index in [1.54, 1.807) is 16.3 Å². The van der Waals surface area contributed by atoms with Crippen LogP contribution in [0.1, 0.15) is 25.3 Å². The molecule has 0 aliphatic carbocycles. The molecular weight excluding hydrogens is 413 g/mol. The number of aromatic nitrogens is 2. The smallest absolute Gasteiger partial charge is 0.325 e. The Balaban J connectivity index is 2.09. The third-order valence-electron chi connectivity index (χ3n) is 4.36. The van der Waals surface area contributed by atoms with Gasteiger partial charge in [-0.05, 0) is 43.2 Å². The van der Waals surface area contributed by atoms with E-state index >= 15 is 0 Å². The van der Waals surface area contributed by atoms with E-state index < -0.39 is 17.7 Å². The minimum absolute atomic E-state index is 0.0107. The lowest BCUT2D eigenvalue weighted by Crippen LogP contribution is -2.31. The molecule has 6 nitrogen and oxygen atoms in total. The van der Waals surface area contributed by atoms with Crippen molar-refractivity contribution in [3.8, 4) is 0 Å². The second kappa shape index (κ2) is 8.04. The van der Waals surface area contributed by atoms with Crippen LogP contribution in [0.3, 0.4) is 0 Å². The fourth-order valence-corrected chi connectivity index (χ4v) is 4.31. The van der Waals surface area contributed by atoms with Crippen molar-refractivity contribution in [1.82, 2.24) is 9.36 Å². The third-order valence-corrected chi connectivity index (χ3v) is 6.11. The average molecular weight is 430 g/mol. The van der Waals surface area contributed by atoms with Gasteiger partial charge in [0.05, 0.1) is 18.1 Å². The van der Waals surface area contributed by atoms with Crippen LogP contribution >= 0.6 is 35.2 Å². The Morgan fingerprint density at radius 2 is 2.04 bits per heavy atom. The molecule has 1 atom stereocenters. The molecule has 27 heavy (non-hydrogen) atoms. The van der Waals surface area contributed by atoms with Crippen LogP contribution in [0.25, 0.3) is 0 Å². The summed E-state index contributed by atoms with van der Waals surface area (Å²) in [5.41, 5.74) is 0.353. The van der Waals surface area contributed by atoms with E-state index in [0.29, 0.717) is 23.5 Å². The molecule has 2 aromatic rings. The van der Waals surface area contributed by atoms with Crippen LogP contribution in [-0.4, -0.2) is 27.3 Å². The minimum Gasteiger partial charge on any atom is -0.469 e. The van der Waals surface area contributed by atoms with Gasteiger partial charge < -0.3 is 4.74 Å². The van der Waals surface area contributed by atoms with E-state index in [0.717, 1.165) is 30.2 Å². The lowest BCUT2D eigenvalue weighted by molar-refractivity contribution is -0.142. The van der Waals surface area contributed by atoms with Gasteiger partial charge in [0.25, 0.3) is 0 Å². The molecule has 0 saturated carbocycles. The summed E-state index contributed by atoms with van der Waals surface area (Å²) in [6, 6.07) is 2.52. The number of halogens is 2. The summed E-state index contributed by atoms with van der Waals surface area (Å²) >= 11 is 12.4. The Hall–Kier alpha value is -1.84. The molecule has 1 aliphatic rings. The minimum atomic E-state index is -0.714. The molecule has 1 aromatic heterocycles. The molecule has 1 unspecified atom stereocenters. The van der Waals surface area contributed by atoms with Gasteiger partial charge in [-0.15, -0.1) is 0 Å². The second-order valence-electron chi connectivity index (χ2n) is 6.11. The second-order valence-corrected chi connectivity index (χ2v) is 7.87. The van der Waals surface area contributed by atoms with Gasteiger partial charge >= 0.3 is 10.8 Å². The van der Waals surface area contributed by atoms with Crippen molar-refractivity contribution in [1.29, 1.82) is 0 Å². The molecule has 3 rings (SSSR count). The number of carbonyl (C=O) groups is 1. The topological polar surface area (TPSA) is 65.6 Å². The average Bonchev–Trinajstić information content (AvgIpc) is 2.98. The zero-order valence-electron chi connectivity index (χ0n) is 14.7. The van der Waals surface area contributed by atoms with Crippen molar-refractivity contribution < 1.29 is 13.9 Å². The number of rotatable bonds is 4. The fraction of sp³-hybridized carbons (Fsp3) is 0.412. The van der Waals surface area contributed by atoms with Crippen LogP contribution in [0.2, 0.25) is 5.02 Å². The van der Waals surface area contributed by atoms with Crippen molar-refractivity contribution in [2.24, 2.45) is 10.9 Å². The van der Waals surface area contributed by atoms with Gasteiger partial charge in [0.1, 0.15) is 11.5 Å². The molecule has 0 spiro atoms. The monoisotopic (exact) mass is 429 g/mol. The van der Waals surface area contributed by atoms with Gasteiger partial charge in [0, 0.05) is 23.5 Å². The number of benzene rings is 1. The highest BCUT2D eigenvalue weighted by Crippen LogP contribution is 2.29. The summed E-state index contributed by atoms with van der Waals surface area (Å²) in [4.78, 5) is 28.7. The predicted molar refractivity (Wildman–Crippen MR) is 105 cm³/mol. The van der Waals surface area contributed by atoms with Crippen LogP contribution in [0.4, 0.5) is 10.1 Å². The van der Waals surface area contributed by atoms with Gasteiger partial charge in [-0.3, -0.25) is 14.3 Å². The largest absolute Gasteiger partial charge is 0.469 e. The highest BCUT2D eigenvalue weighted by molar-refractivity contribution is 7.81. The number of ether oxygens (including phenoxy) is 1. The number of carbonyl (C=O) groups excluding carboxylic acids is 1. The molecule has 0 radical (unpaired) electrons. The predicted octanol–water partition coefficient (Wildman–Crippen LogP) is 3.06. The first kappa shape index (κ1) is 19.9. The summed E-state index contributed by atoms with van der Waals surface area (Å²) in [6.45, 7) is 2.87. The maximum absolute atomic E-state index is 14.4. The number of fused-ring (bicyclic) bond motifs is 1. The van der Waals surface area contributed by atoms with Crippen LogP contribution in [-0.2, 0) is 22.6 Å². The van der Waals surface area contributed by atoms with Crippen molar-refractivity contribution in [2.75, 3.05) is 7.11 Å². The van der Waals surface area contributed by atoms with Crippen molar-refractivity contribution in [3.63, 3.8) is 0 Å². The molecule has 1 aromatic carbocycles. The first-order chi connectivity index (χ1) is 12.8. The highest BCUT2D eigenvalue weighted by atomic mass is 35.5. The van der Waals surface area contributed by atoms with E-state index in [9.17, 15) is 14.0 Å². The molecular formula is C17H17ClFN3O3S2. The van der Waals surface area contributed by atoms with Gasteiger partial charge in [-0.2, -0.15) is 0 Å². The summed E-state index contributed by atoms with van der Waals surface area (Å²) in [5.74, 6) is -1.85. The van der Waals surface area contributed by atoms with Gasteiger partial charge in [0.15, 0.2) is 0 Å². The van der Waals surface area contributed by atoms with Gasteiger partial charge in [-0.25, -0.2) is 14.1 Å². The molecule has 0 saturated heterocycles. The van der Waals surface area contributed by atoms with Crippen molar-refractivity contribution in [3.05, 3.63) is 43.0 Å². The molecule has 0 fully saturated rings. The SMILES string of the molecule is COC(=O)C(C)C(=S)c1cc(N=c2sc(=O)n3n2CCCC3)c(F)cc1Cl. The first-order valence-corrected chi connectivity index (χ1v) is 9.90. The molecule has 144 valence electrons. The van der Waals surface area contributed by atoms with E-state index in [4.69, 9.17) is 28.6 Å². The maximum Gasteiger partial charge on any atom is 0.325 e. The summed E-state index contributed by atoms with van der Waals surface area (Å²) in [7, 11) is 1.27. The maximum atomic E-state index is 14.4. The number of nitrogens with zero attached hydrogens (tertiary/aromatic N) is 3. The molecule has 10 heteroatoms. The quantitative estimate of drug-likeness (QED) is 0.425. The van der Waals surface area contributed by atoms with E-state index in [2.05, 4.69) is 4.99 Å². The molecule has 0 N–H and O–H groups in total.